The molecule has 7 rings (SSSR count). The summed E-state index contributed by atoms with van der Waals surface area (Å²) in [6.07, 6.45) is 5.59. The number of carbonyl (C=O) groups excluding carboxylic acids is 3. The van der Waals surface area contributed by atoms with Gasteiger partial charge in [0.2, 0.25) is 0 Å². The minimum atomic E-state index is -4.26. The van der Waals surface area contributed by atoms with Gasteiger partial charge in [0.15, 0.2) is 0 Å². The summed E-state index contributed by atoms with van der Waals surface area (Å²) in [7, 11) is -4.26. The number of rotatable bonds is 6. The van der Waals surface area contributed by atoms with Crippen molar-refractivity contribution in [3.05, 3.63) is 0 Å². The number of fused-ring (bicyclic) bond motifs is 1. The zero-order valence-corrected chi connectivity index (χ0v) is 18.5. The first-order valence-electron chi connectivity index (χ1n) is 11.7. The lowest BCUT2D eigenvalue weighted by atomic mass is 9.49. The quantitative estimate of drug-likeness (QED) is 0.348. The van der Waals surface area contributed by atoms with E-state index in [0.717, 1.165) is 19.3 Å². The van der Waals surface area contributed by atoms with Crippen molar-refractivity contribution in [2.75, 3.05) is 12.4 Å². The molecular weight excluding hydrogens is 440 g/mol. The summed E-state index contributed by atoms with van der Waals surface area (Å²) in [5, 5.41) is 0. The molecule has 32 heavy (non-hydrogen) atoms. The van der Waals surface area contributed by atoms with Crippen LogP contribution in [-0.4, -0.2) is 55.4 Å². The van der Waals surface area contributed by atoms with Crippen molar-refractivity contribution in [1.82, 2.24) is 0 Å². The number of carbonyl (C=O) groups is 3. The van der Waals surface area contributed by atoms with E-state index in [9.17, 15) is 22.8 Å². The van der Waals surface area contributed by atoms with Gasteiger partial charge in [-0.05, 0) is 62.7 Å². The molecule has 0 aromatic rings. The van der Waals surface area contributed by atoms with E-state index in [1.807, 2.05) is 0 Å². The third-order valence-corrected chi connectivity index (χ3v) is 9.80. The fraction of sp³-hybridized carbons (Fsp3) is 0.864. The fourth-order valence-electron chi connectivity index (χ4n) is 8.42. The average molecular weight is 469 g/mol. The highest BCUT2D eigenvalue weighted by atomic mass is 32.2. The molecule has 6 atom stereocenters. The van der Waals surface area contributed by atoms with E-state index < -0.39 is 63.9 Å². The maximum Gasteiger partial charge on any atom is 0.312 e. The summed E-state index contributed by atoms with van der Waals surface area (Å²) in [6.45, 7) is -0.492. The van der Waals surface area contributed by atoms with Gasteiger partial charge >= 0.3 is 17.9 Å². The molecule has 1 N–H and O–H groups in total. The zero-order valence-electron chi connectivity index (χ0n) is 17.7. The monoisotopic (exact) mass is 468 g/mol. The smallest absolute Gasteiger partial charge is 0.312 e. The first kappa shape index (κ1) is 20.9. The van der Waals surface area contributed by atoms with Crippen LogP contribution < -0.4 is 0 Å². The van der Waals surface area contributed by atoms with Gasteiger partial charge in [-0.3, -0.25) is 18.9 Å². The first-order chi connectivity index (χ1) is 15.1. The Kier molecular flexibility index (Phi) is 4.51. The van der Waals surface area contributed by atoms with Crippen LogP contribution in [0.1, 0.15) is 44.9 Å². The SMILES string of the molecule is O=C1OC2C3CC(C2OC(=O)C24CC5CC(CC(C5)C2)C4)C(C(=O)OCCS(=O)(=O)O)C13. The van der Waals surface area contributed by atoms with Gasteiger partial charge in [0.05, 0.1) is 17.3 Å². The van der Waals surface area contributed by atoms with Gasteiger partial charge in [-0.2, -0.15) is 8.42 Å². The lowest BCUT2D eigenvalue weighted by Crippen LogP contribution is -2.52. The fourth-order valence-corrected chi connectivity index (χ4v) is 8.72. The van der Waals surface area contributed by atoms with Crippen LogP contribution in [0.25, 0.3) is 0 Å². The maximum atomic E-state index is 13.5. The van der Waals surface area contributed by atoms with Crippen molar-refractivity contribution in [3.63, 3.8) is 0 Å². The normalized spacial score (nSPS) is 47.5. The summed E-state index contributed by atoms with van der Waals surface area (Å²) < 4.78 is 47.4. The van der Waals surface area contributed by atoms with Crippen molar-refractivity contribution in [1.29, 1.82) is 0 Å². The molecule has 1 heterocycles. The van der Waals surface area contributed by atoms with Crippen molar-refractivity contribution < 1.29 is 41.6 Å². The molecule has 0 amide bonds. The van der Waals surface area contributed by atoms with E-state index in [1.165, 1.54) is 19.3 Å². The largest absolute Gasteiger partial charge is 0.464 e. The van der Waals surface area contributed by atoms with Gasteiger partial charge in [0, 0.05) is 11.8 Å². The molecule has 6 bridgehead atoms. The van der Waals surface area contributed by atoms with Gasteiger partial charge in [-0.15, -0.1) is 0 Å². The Morgan fingerprint density at radius 1 is 1.03 bits per heavy atom. The summed E-state index contributed by atoms with van der Waals surface area (Å²) in [4.78, 5) is 38.7. The Morgan fingerprint density at radius 3 is 2.25 bits per heavy atom. The Morgan fingerprint density at radius 2 is 1.66 bits per heavy atom. The van der Waals surface area contributed by atoms with Gasteiger partial charge in [0.25, 0.3) is 10.1 Å². The molecular formula is C22H28O9S. The lowest BCUT2D eigenvalue weighted by Gasteiger charge is -2.55. The molecule has 176 valence electrons. The molecule has 10 heteroatoms. The number of esters is 3. The van der Waals surface area contributed by atoms with Crippen molar-refractivity contribution >= 4 is 28.0 Å². The highest BCUT2D eigenvalue weighted by Crippen LogP contribution is 2.62. The molecule has 6 unspecified atom stereocenters. The van der Waals surface area contributed by atoms with Crippen LogP contribution in [0.5, 0.6) is 0 Å². The molecule has 0 aromatic carbocycles. The summed E-state index contributed by atoms with van der Waals surface area (Å²) >= 11 is 0. The molecule has 7 fully saturated rings. The summed E-state index contributed by atoms with van der Waals surface area (Å²) in [6, 6.07) is 0. The van der Waals surface area contributed by atoms with Gasteiger partial charge in [0.1, 0.15) is 24.6 Å². The van der Waals surface area contributed by atoms with E-state index >= 15 is 0 Å². The molecule has 0 radical (unpaired) electrons. The lowest BCUT2D eigenvalue weighted by molar-refractivity contribution is -0.187. The molecule has 0 spiro atoms. The van der Waals surface area contributed by atoms with Crippen molar-refractivity contribution in [2.45, 2.75) is 57.2 Å². The van der Waals surface area contributed by atoms with E-state index in [1.54, 1.807) is 0 Å². The minimum absolute atomic E-state index is 0.194. The maximum absolute atomic E-state index is 13.5. The molecule has 9 nitrogen and oxygen atoms in total. The minimum Gasteiger partial charge on any atom is -0.464 e. The van der Waals surface area contributed by atoms with Crippen LogP contribution in [0.4, 0.5) is 0 Å². The van der Waals surface area contributed by atoms with Crippen LogP contribution >= 0.6 is 0 Å². The van der Waals surface area contributed by atoms with Gasteiger partial charge < -0.3 is 14.2 Å². The second-order valence-electron chi connectivity index (χ2n) is 11.0. The second-order valence-corrected chi connectivity index (χ2v) is 12.6. The number of ether oxygens (including phenoxy) is 3. The summed E-state index contributed by atoms with van der Waals surface area (Å²) in [5.41, 5.74) is -0.440. The van der Waals surface area contributed by atoms with E-state index in [-0.39, 0.29) is 17.8 Å². The topological polar surface area (TPSA) is 133 Å². The Bertz CT molecular complexity index is 937. The highest BCUT2D eigenvalue weighted by Gasteiger charge is 2.70. The molecule has 6 aliphatic carbocycles. The van der Waals surface area contributed by atoms with Crippen LogP contribution in [-0.2, 0) is 38.7 Å². The predicted molar refractivity (Wildman–Crippen MR) is 106 cm³/mol. The average Bonchev–Trinajstić information content (AvgIpc) is 3.29. The van der Waals surface area contributed by atoms with Crippen LogP contribution in [0.15, 0.2) is 0 Å². The molecule has 6 saturated carbocycles. The summed E-state index contributed by atoms with van der Waals surface area (Å²) in [5.74, 6) is -2.34. The van der Waals surface area contributed by atoms with Crippen LogP contribution in [0.3, 0.4) is 0 Å². The Hall–Kier alpha value is -1.68. The van der Waals surface area contributed by atoms with Crippen LogP contribution in [0, 0.1) is 46.8 Å². The molecule has 0 aromatic heterocycles. The standard InChI is InChI=1S/C22H28O9S/c23-19(29-1-2-32(26,27)28)15-13-6-14-16(15)20(24)30-17(14)18(13)31-21(25)22-7-10-3-11(8-22)5-12(4-10)9-22/h10-18H,1-9H2,(H,26,27,28). The Labute approximate surface area is 186 Å². The van der Waals surface area contributed by atoms with Gasteiger partial charge in [-0.1, -0.05) is 0 Å². The molecule has 1 saturated heterocycles. The van der Waals surface area contributed by atoms with E-state index in [2.05, 4.69) is 0 Å². The third kappa shape index (κ3) is 3.12. The first-order valence-corrected chi connectivity index (χ1v) is 13.3. The van der Waals surface area contributed by atoms with Crippen molar-refractivity contribution in [3.8, 4) is 0 Å². The van der Waals surface area contributed by atoms with E-state index in [0.29, 0.717) is 24.2 Å². The number of hydrogen-bond donors (Lipinski definition) is 1. The second kappa shape index (κ2) is 6.91. The Balaban J connectivity index is 1.19. The highest BCUT2D eigenvalue weighted by molar-refractivity contribution is 7.85. The third-order valence-electron chi connectivity index (χ3n) is 9.12. The van der Waals surface area contributed by atoms with E-state index in [4.69, 9.17) is 18.8 Å². The molecule has 7 aliphatic rings. The number of hydrogen-bond acceptors (Lipinski definition) is 8. The van der Waals surface area contributed by atoms with Crippen LogP contribution in [0.2, 0.25) is 0 Å². The molecule has 1 aliphatic heterocycles. The van der Waals surface area contributed by atoms with Crippen molar-refractivity contribution in [2.24, 2.45) is 46.8 Å². The predicted octanol–water partition coefficient (Wildman–Crippen LogP) is 1.35. The van der Waals surface area contributed by atoms with Gasteiger partial charge in [-0.25, -0.2) is 0 Å². The zero-order chi connectivity index (χ0) is 22.4.